The molecule has 0 spiro atoms. The van der Waals surface area contributed by atoms with E-state index in [9.17, 15) is 9.59 Å². The van der Waals surface area contributed by atoms with Crippen molar-refractivity contribution in [2.45, 2.75) is 33.7 Å². The van der Waals surface area contributed by atoms with Crippen LogP contribution in [-0.2, 0) is 4.79 Å². The minimum Gasteiger partial charge on any atom is -0.346 e. The van der Waals surface area contributed by atoms with E-state index < -0.39 is 5.41 Å². The summed E-state index contributed by atoms with van der Waals surface area (Å²) < 4.78 is 1.67. The first kappa shape index (κ1) is 20.3. The average Bonchev–Trinajstić information content (AvgIpc) is 3.22. The number of nitrogens with one attached hydrogen (secondary N) is 2. The van der Waals surface area contributed by atoms with Crippen LogP contribution >= 0.6 is 0 Å². The fourth-order valence-electron chi connectivity index (χ4n) is 2.68. The zero-order valence-corrected chi connectivity index (χ0v) is 17.0. The third-order valence-corrected chi connectivity index (χ3v) is 4.49. The van der Waals surface area contributed by atoms with Crippen molar-refractivity contribution in [3.05, 3.63) is 72.3 Å². The maximum absolute atomic E-state index is 12.7. The van der Waals surface area contributed by atoms with Crippen LogP contribution in [0.2, 0.25) is 0 Å². The number of hydrogen-bond acceptors (Lipinski definition) is 4. The van der Waals surface area contributed by atoms with Crippen molar-refractivity contribution in [3.63, 3.8) is 0 Å². The molecule has 150 valence electrons. The number of rotatable bonds is 5. The molecule has 1 heterocycles. The fourth-order valence-corrected chi connectivity index (χ4v) is 2.68. The SMILES string of the molecule is CC(NC(=O)c1cccc(NC(=O)C(C)(C)C)c1)c1ccc(-n2cncn2)cc1. The summed E-state index contributed by atoms with van der Waals surface area (Å²) in [6.07, 6.45) is 3.11. The number of carbonyl (C=O) groups excluding carboxylic acids is 2. The van der Waals surface area contributed by atoms with Gasteiger partial charge in [0.2, 0.25) is 5.91 Å². The molecule has 7 heteroatoms. The highest BCUT2D eigenvalue weighted by Gasteiger charge is 2.21. The van der Waals surface area contributed by atoms with Gasteiger partial charge in [-0.25, -0.2) is 9.67 Å². The molecule has 2 aromatic carbocycles. The Kier molecular flexibility index (Phi) is 5.77. The van der Waals surface area contributed by atoms with Crippen LogP contribution in [0.15, 0.2) is 61.2 Å². The van der Waals surface area contributed by atoms with Crippen LogP contribution in [0.25, 0.3) is 5.69 Å². The number of aromatic nitrogens is 3. The summed E-state index contributed by atoms with van der Waals surface area (Å²) in [6, 6.07) is 14.5. The van der Waals surface area contributed by atoms with Crippen molar-refractivity contribution < 1.29 is 9.59 Å². The van der Waals surface area contributed by atoms with E-state index in [0.717, 1.165) is 11.3 Å². The molecule has 2 N–H and O–H groups in total. The van der Waals surface area contributed by atoms with Crippen LogP contribution in [0.5, 0.6) is 0 Å². The van der Waals surface area contributed by atoms with E-state index in [4.69, 9.17) is 0 Å². The van der Waals surface area contributed by atoms with E-state index in [1.165, 1.54) is 6.33 Å². The molecule has 0 saturated heterocycles. The molecule has 1 unspecified atom stereocenters. The van der Waals surface area contributed by atoms with Gasteiger partial charge in [0.15, 0.2) is 0 Å². The highest BCUT2D eigenvalue weighted by atomic mass is 16.2. The Bertz CT molecular complexity index is 989. The number of anilines is 1. The van der Waals surface area contributed by atoms with E-state index in [0.29, 0.717) is 11.3 Å². The Hall–Kier alpha value is -3.48. The first-order valence-electron chi connectivity index (χ1n) is 9.41. The van der Waals surface area contributed by atoms with Crippen LogP contribution in [0, 0.1) is 5.41 Å². The normalized spacial score (nSPS) is 12.3. The summed E-state index contributed by atoms with van der Waals surface area (Å²) in [5.74, 6) is -0.305. The molecule has 0 radical (unpaired) electrons. The van der Waals surface area contributed by atoms with Crippen molar-refractivity contribution in [1.29, 1.82) is 0 Å². The highest BCUT2D eigenvalue weighted by Crippen LogP contribution is 2.19. The predicted octanol–water partition coefficient (Wildman–Crippen LogP) is 3.74. The second-order valence-electron chi connectivity index (χ2n) is 7.91. The standard InChI is InChI=1S/C22H25N5O2/c1-15(16-8-10-19(11-9-16)27-14-23-13-24-27)25-20(28)17-6-5-7-18(12-17)26-21(29)22(2,3)4/h5-15H,1-4H3,(H,25,28)(H,26,29). The molecule has 0 fully saturated rings. The molecule has 0 saturated carbocycles. The second kappa shape index (κ2) is 8.26. The monoisotopic (exact) mass is 391 g/mol. The number of benzene rings is 2. The number of hydrogen-bond donors (Lipinski definition) is 2. The van der Waals surface area contributed by atoms with Gasteiger partial charge in [0, 0.05) is 16.7 Å². The molecule has 2 amide bonds. The molecule has 3 aromatic rings. The van der Waals surface area contributed by atoms with Crippen molar-refractivity contribution >= 4 is 17.5 Å². The van der Waals surface area contributed by atoms with Gasteiger partial charge in [0.25, 0.3) is 5.91 Å². The lowest BCUT2D eigenvalue weighted by Gasteiger charge is -2.18. The lowest BCUT2D eigenvalue weighted by molar-refractivity contribution is -0.123. The molecule has 0 aliphatic carbocycles. The molecule has 0 aliphatic heterocycles. The third kappa shape index (κ3) is 5.07. The Morgan fingerprint density at radius 3 is 2.41 bits per heavy atom. The van der Waals surface area contributed by atoms with Gasteiger partial charge in [0.1, 0.15) is 12.7 Å². The topological polar surface area (TPSA) is 88.9 Å². The summed E-state index contributed by atoms with van der Waals surface area (Å²) in [5.41, 5.74) is 2.45. The Morgan fingerprint density at radius 2 is 1.79 bits per heavy atom. The summed E-state index contributed by atoms with van der Waals surface area (Å²) in [6.45, 7) is 7.45. The quantitative estimate of drug-likeness (QED) is 0.693. The smallest absolute Gasteiger partial charge is 0.251 e. The summed E-state index contributed by atoms with van der Waals surface area (Å²) in [7, 11) is 0. The summed E-state index contributed by atoms with van der Waals surface area (Å²) >= 11 is 0. The van der Waals surface area contributed by atoms with Crippen molar-refractivity contribution in [1.82, 2.24) is 20.1 Å². The highest BCUT2D eigenvalue weighted by molar-refractivity contribution is 5.98. The maximum atomic E-state index is 12.7. The Morgan fingerprint density at radius 1 is 1.07 bits per heavy atom. The van der Waals surface area contributed by atoms with E-state index in [-0.39, 0.29) is 17.9 Å². The number of carbonyl (C=O) groups is 2. The van der Waals surface area contributed by atoms with Crippen LogP contribution in [0.1, 0.15) is 49.7 Å². The average molecular weight is 391 g/mol. The van der Waals surface area contributed by atoms with Crippen molar-refractivity contribution in [3.8, 4) is 5.69 Å². The zero-order valence-electron chi connectivity index (χ0n) is 17.0. The molecule has 29 heavy (non-hydrogen) atoms. The lowest BCUT2D eigenvalue weighted by atomic mass is 9.95. The van der Waals surface area contributed by atoms with Crippen LogP contribution in [-0.4, -0.2) is 26.6 Å². The minimum atomic E-state index is -0.509. The lowest BCUT2D eigenvalue weighted by Crippen LogP contribution is -2.28. The second-order valence-corrected chi connectivity index (χ2v) is 7.91. The van der Waals surface area contributed by atoms with E-state index in [1.807, 2.05) is 52.0 Å². The van der Waals surface area contributed by atoms with Gasteiger partial charge in [-0.1, -0.05) is 39.0 Å². The molecule has 1 aromatic heterocycles. The first-order valence-corrected chi connectivity index (χ1v) is 9.41. The molecular formula is C22H25N5O2. The first-order chi connectivity index (χ1) is 13.7. The largest absolute Gasteiger partial charge is 0.346 e. The van der Waals surface area contributed by atoms with Gasteiger partial charge in [-0.15, -0.1) is 0 Å². The van der Waals surface area contributed by atoms with Gasteiger partial charge < -0.3 is 10.6 Å². The molecule has 1 atom stereocenters. The van der Waals surface area contributed by atoms with E-state index in [1.54, 1.807) is 35.3 Å². The van der Waals surface area contributed by atoms with Crippen LogP contribution in [0.3, 0.4) is 0 Å². The van der Waals surface area contributed by atoms with Gasteiger partial charge >= 0.3 is 0 Å². The van der Waals surface area contributed by atoms with Crippen molar-refractivity contribution in [2.24, 2.45) is 5.41 Å². The summed E-state index contributed by atoms with van der Waals surface area (Å²) in [5, 5.41) is 9.94. The van der Waals surface area contributed by atoms with Gasteiger partial charge in [-0.3, -0.25) is 9.59 Å². The molecule has 0 bridgehead atoms. The fraction of sp³-hybridized carbons (Fsp3) is 0.273. The van der Waals surface area contributed by atoms with Crippen molar-refractivity contribution in [2.75, 3.05) is 5.32 Å². The van der Waals surface area contributed by atoms with Gasteiger partial charge in [0.05, 0.1) is 11.7 Å². The Balaban J connectivity index is 1.66. The molecule has 0 aliphatic rings. The van der Waals surface area contributed by atoms with Gasteiger partial charge in [-0.05, 0) is 42.8 Å². The van der Waals surface area contributed by atoms with Gasteiger partial charge in [-0.2, -0.15) is 5.10 Å². The minimum absolute atomic E-state index is 0.101. The van der Waals surface area contributed by atoms with E-state index in [2.05, 4.69) is 20.7 Å². The zero-order chi connectivity index (χ0) is 21.0. The molecule has 3 rings (SSSR count). The van der Waals surface area contributed by atoms with Crippen LogP contribution < -0.4 is 10.6 Å². The predicted molar refractivity (Wildman–Crippen MR) is 112 cm³/mol. The molecule has 7 nitrogen and oxygen atoms in total. The number of amides is 2. The maximum Gasteiger partial charge on any atom is 0.251 e. The Labute approximate surface area is 170 Å². The third-order valence-electron chi connectivity index (χ3n) is 4.49. The molecular weight excluding hydrogens is 366 g/mol. The number of nitrogens with zero attached hydrogens (tertiary/aromatic N) is 3. The van der Waals surface area contributed by atoms with E-state index >= 15 is 0 Å². The van der Waals surface area contributed by atoms with Crippen LogP contribution in [0.4, 0.5) is 5.69 Å². The summed E-state index contributed by atoms with van der Waals surface area (Å²) in [4.78, 5) is 28.8.